The highest BCUT2D eigenvalue weighted by Gasteiger charge is 2.55. The third-order valence-electron chi connectivity index (χ3n) is 3.07. The molecule has 0 bridgehead atoms. The van der Waals surface area contributed by atoms with Crippen molar-refractivity contribution in [2.75, 3.05) is 0 Å². The van der Waals surface area contributed by atoms with E-state index in [9.17, 15) is 4.39 Å². The monoisotopic (exact) mass is 277 g/mol. The molecule has 0 spiro atoms. The van der Waals surface area contributed by atoms with Crippen LogP contribution >= 0.6 is 27.3 Å². The van der Waals surface area contributed by atoms with Crippen molar-refractivity contribution in [1.82, 2.24) is 0 Å². The van der Waals surface area contributed by atoms with Crippen LogP contribution in [-0.2, 0) is 0 Å². The number of aryl methyl sites for hydroxylation is 1. The lowest BCUT2D eigenvalue weighted by Crippen LogP contribution is -2.21. The van der Waals surface area contributed by atoms with Crippen LogP contribution in [0.4, 0.5) is 4.39 Å². The summed E-state index contributed by atoms with van der Waals surface area (Å²) in [4.78, 5) is 1.08. The molecule has 4 heteroatoms. The van der Waals surface area contributed by atoms with Gasteiger partial charge in [0.1, 0.15) is 6.17 Å². The van der Waals surface area contributed by atoms with E-state index in [2.05, 4.69) is 22.0 Å². The Bertz CT molecular complexity index is 346. The first-order chi connectivity index (χ1) is 6.45. The maximum atomic E-state index is 13.1. The molecule has 1 nitrogen and oxygen atoms in total. The molecule has 0 saturated heterocycles. The molecular weight excluding hydrogens is 265 g/mol. The van der Waals surface area contributed by atoms with Crippen LogP contribution in [0.25, 0.3) is 0 Å². The molecule has 2 rings (SSSR count). The normalized spacial score (nSPS) is 33.1. The average molecular weight is 278 g/mol. The van der Waals surface area contributed by atoms with Crippen molar-refractivity contribution in [3.8, 4) is 0 Å². The summed E-state index contributed by atoms with van der Waals surface area (Å²) in [7, 11) is 0. The first-order valence-corrected chi connectivity index (χ1v) is 6.21. The smallest absolute Gasteiger partial charge is 0.108 e. The zero-order chi connectivity index (χ0) is 10.5. The van der Waals surface area contributed by atoms with Crippen molar-refractivity contribution in [2.24, 2.45) is 11.1 Å². The van der Waals surface area contributed by atoms with Crippen molar-refractivity contribution >= 4 is 27.3 Å². The van der Waals surface area contributed by atoms with E-state index in [-0.39, 0.29) is 11.5 Å². The Morgan fingerprint density at radius 1 is 1.79 bits per heavy atom. The molecule has 1 heterocycles. The van der Waals surface area contributed by atoms with E-state index in [0.29, 0.717) is 6.42 Å². The number of rotatable bonds is 2. The Hall–Kier alpha value is 0.0700. The first kappa shape index (κ1) is 10.6. The van der Waals surface area contributed by atoms with E-state index in [1.165, 1.54) is 5.56 Å². The highest BCUT2D eigenvalue weighted by atomic mass is 79.9. The van der Waals surface area contributed by atoms with Gasteiger partial charge >= 0.3 is 0 Å². The highest BCUT2D eigenvalue weighted by Crippen LogP contribution is 2.56. The van der Waals surface area contributed by atoms with Crippen molar-refractivity contribution in [1.29, 1.82) is 0 Å². The summed E-state index contributed by atoms with van der Waals surface area (Å²) in [6, 6.07) is 1.89. The summed E-state index contributed by atoms with van der Waals surface area (Å²) in [6.07, 6.45) is -0.124. The third-order valence-corrected chi connectivity index (χ3v) is 5.29. The molecule has 0 radical (unpaired) electrons. The SMILES string of the molecule is Cc1cc(C(N)C2(C)CC2F)sc1Br. The minimum absolute atomic E-state index is 0.160. The van der Waals surface area contributed by atoms with Gasteiger partial charge in [0.15, 0.2) is 0 Å². The van der Waals surface area contributed by atoms with E-state index >= 15 is 0 Å². The van der Waals surface area contributed by atoms with Gasteiger partial charge in [-0.15, -0.1) is 11.3 Å². The first-order valence-electron chi connectivity index (χ1n) is 4.60. The predicted octanol–water partition coefficient (Wildman–Crippen LogP) is 3.57. The summed E-state index contributed by atoms with van der Waals surface area (Å²) in [5, 5.41) is 0. The number of alkyl halides is 1. The molecule has 3 unspecified atom stereocenters. The van der Waals surface area contributed by atoms with E-state index in [4.69, 9.17) is 5.73 Å². The zero-order valence-electron chi connectivity index (χ0n) is 8.18. The molecule has 1 saturated carbocycles. The van der Waals surface area contributed by atoms with Gasteiger partial charge in [-0.3, -0.25) is 0 Å². The van der Waals surface area contributed by atoms with Gasteiger partial charge in [-0.2, -0.15) is 0 Å². The second kappa shape index (κ2) is 3.29. The van der Waals surface area contributed by atoms with Crippen LogP contribution in [0.5, 0.6) is 0 Å². The topological polar surface area (TPSA) is 26.0 Å². The van der Waals surface area contributed by atoms with Gasteiger partial charge in [-0.05, 0) is 40.9 Å². The molecular formula is C10H13BrFNS. The highest BCUT2D eigenvalue weighted by molar-refractivity contribution is 9.11. The quantitative estimate of drug-likeness (QED) is 0.879. The van der Waals surface area contributed by atoms with E-state index < -0.39 is 6.17 Å². The van der Waals surface area contributed by atoms with Gasteiger partial charge in [-0.25, -0.2) is 4.39 Å². The largest absolute Gasteiger partial charge is 0.323 e. The Morgan fingerprint density at radius 3 is 2.71 bits per heavy atom. The molecule has 0 aliphatic heterocycles. The molecule has 1 aliphatic carbocycles. The van der Waals surface area contributed by atoms with Crippen molar-refractivity contribution in [3.63, 3.8) is 0 Å². The molecule has 0 aromatic carbocycles. The van der Waals surface area contributed by atoms with Gasteiger partial charge in [0.05, 0.1) is 3.79 Å². The summed E-state index contributed by atoms with van der Waals surface area (Å²) in [6.45, 7) is 3.95. The van der Waals surface area contributed by atoms with E-state index in [0.717, 1.165) is 8.66 Å². The fourth-order valence-electron chi connectivity index (χ4n) is 1.61. The maximum Gasteiger partial charge on any atom is 0.108 e. The van der Waals surface area contributed by atoms with Gasteiger partial charge in [-0.1, -0.05) is 6.92 Å². The minimum Gasteiger partial charge on any atom is -0.323 e. The summed E-state index contributed by atoms with van der Waals surface area (Å²) in [5.74, 6) is 0. The molecule has 1 aromatic rings. The van der Waals surface area contributed by atoms with Crippen molar-refractivity contribution < 1.29 is 4.39 Å². The number of hydrogen-bond donors (Lipinski definition) is 1. The minimum atomic E-state index is -0.723. The fraction of sp³-hybridized carbons (Fsp3) is 0.600. The maximum absolute atomic E-state index is 13.1. The van der Waals surface area contributed by atoms with E-state index in [1.54, 1.807) is 11.3 Å². The van der Waals surface area contributed by atoms with Crippen molar-refractivity contribution in [3.05, 3.63) is 20.3 Å². The second-order valence-electron chi connectivity index (χ2n) is 4.26. The molecule has 1 aliphatic rings. The number of thiophene rings is 1. The number of hydrogen-bond acceptors (Lipinski definition) is 2. The Kier molecular flexibility index (Phi) is 2.48. The van der Waals surface area contributed by atoms with Crippen LogP contribution in [-0.4, -0.2) is 6.17 Å². The standard InChI is InChI=1S/C10H13BrFNS/c1-5-3-6(14-9(5)11)8(13)10(2)4-7(10)12/h3,7-8H,4,13H2,1-2H3. The number of halogens is 2. The molecule has 3 atom stereocenters. The lowest BCUT2D eigenvalue weighted by Gasteiger charge is -2.16. The molecule has 1 aromatic heterocycles. The van der Waals surface area contributed by atoms with Crippen LogP contribution in [0, 0.1) is 12.3 Å². The van der Waals surface area contributed by atoms with Crippen molar-refractivity contribution in [2.45, 2.75) is 32.5 Å². The summed E-state index contributed by atoms with van der Waals surface area (Å²) >= 11 is 5.07. The fourth-order valence-corrected chi connectivity index (χ4v) is 3.34. The lowest BCUT2D eigenvalue weighted by atomic mass is 9.98. The lowest BCUT2D eigenvalue weighted by molar-refractivity contribution is 0.335. The predicted molar refractivity (Wildman–Crippen MR) is 61.3 cm³/mol. The molecule has 2 N–H and O–H groups in total. The number of nitrogens with two attached hydrogens (primary N) is 1. The molecule has 0 amide bonds. The van der Waals surface area contributed by atoms with E-state index in [1.807, 2.05) is 13.8 Å². The molecule has 14 heavy (non-hydrogen) atoms. The Balaban J connectivity index is 2.24. The van der Waals surface area contributed by atoms with Gasteiger partial charge in [0, 0.05) is 16.3 Å². The average Bonchev–Trinajstić information content (AvgIpc) is 2.58. The van der Waals surface area contributed by atoms with Crippen LogP contribution in [0.3, 0.4) is 0 Å². The summed E-state index contributed by atoms with van der Waals surface area (Å²) < 4.78 is 14.2. The second-order valence-corrected chi connectivity index (χ2v) is 6.66. The molecule has 1 fully saturated rings. The van der Waals surface area contributed by atoms with Crippen LogP contribution in [0.15, 0.2) is 9.85 Å². The zero-order valence-corrected chi connectivity index (χ0v) is 10.6. The Labute approximate surface area is 95.6 Å². The third kappa shape index (κ3) is 1.53. The van der Waals surface area contributed by atoms with Crippen LogP contribution in [0.2, 0.25) is 0 Å². The van der Waals surface area contributed by atoms with Gasteiger partial charge in [0.25, 0.3) is 0 Å². The van der Waals surface area contributed by atoms with Gasteiger partial charge < -0.3 is 5.73 Å². The summed E-state index contributed by atoms with van der Waals surface area (Å²) in [5.41, 5.74) is 6.91. The van der Waals surface area contributed by atoms with Crippen LogP contribution in [0.1, 0.15) is 29.8 Å². The molecule has 78 valence electrons. The van der Waals surface area contributed by atoms with Gasteiger partial charge in [0.2, 0.25) is 0 Å². The Morgan fingerprint density at radius 2 is 2.36 bits per heavy atom. The van der Waals surface area contributed by atoms with Crippen LogP contribution < -0.4 is 5.73 Å².